The highest BCUT2D eigenvalue weighted by molar-refractivity contribution is 5.80. The first-order valence-corrected chi connectivity index (χ1v) is 12.8. The van der Waals surface area contributed by atoms with Gasteiger partial charge < -0.3 is 0 Å². The Morgan fingerprint density at radius 3 is 2.39 bits per heavy atom. The molecule has 4 aliphatic rings. The monoisotopic (exact) mass is 386 g/mol. The van der Waals surface area contributed by atoms with Crippen LogP contribution in [0.4, 0.5) is 0 Å². The van der Waals surface area contributed by atoms with Crippen LogP contribution in [-0.2, 0) is 4.79 Å². The van der Waals surface area contributed by atoms with E-state index in [4.69, 9.17) is 0 Å². The van der Waals surface area contributed by atoms with Crippen molar-refractivity contribution in [2.75, 3.05) is 0 Å². The van der Waals surface area contributed by atoms with Gasteiger partial charge in [-0.1, -0.05) is 53.9 Å². The molecule has 0 unspecified atom stereocenters. The van der Waals surface area contributed by atoms with E-state index in [9.17, 15) is 4.79 Å². The summed E-state index contributed by atoms with van der Waals surface area (Å²) in [7, 11) is 0. The lowest BCUT2D eigenvalue weighted by molar-refractivity contribution is -0.142. The summed E-state index contributed by atoms with van der Waals surface area (Å²) in [6.45, 7) is 12.5. The van der Waals surface area contributed by atoms with Crippen molar-refractivity contribution in [3.05, 3.63) is 0 Å². The molecule has 0 N–H and O–H groups in total. The van der Waals surface area contributed by atoms with E-state index in [0.29, 0.717) is 16.6 Å². The average molecular weight is 387 g/mol. The van der Waals surface area contributed by atoms with Gasteiger partial charge >= 0.3 is 0 Å². The molecule has 0 aromatic carbocycles. The quantitative estimate of drug-likeness (QED) is 0.473. The van der Waals surface area contributed by atoms with Gasteiger partial charge in [-0.25, -0.2) is 0 Å². The Morgan fingerprint density at radius 1 is 0.893 bits per heavy atom. The van der Waals surface area contributed by atoms with Gasteiger partial charge in [0.2, 0.25) is 0 Å². The average Bonchev–Trinajstić information content (AvgIpc) is 2.98. The van der Waals surface area contributed by atoms with Crippen molar-refractivity contribution >= 4 is 5.78 Å². The second kappa shape index (κ2) is 7.73. The summed E-state index contributed by atoms with van der Waals surface area (Å²) in [5.74, 6) is 6.79. The fourth-order valence-electron chi connectivity index (χ4n) is 9.16. The first-order valence-electron chi connectivity index (χ1n) is 12.8. The van der Waals surface area contributed by atoms with Crippen molar-refractivity contribution < 1.29 is 4.79 Å². The zero-order valence-electron chi connectivity index (χ0n) is 19.4. The molecule has 4 saturated carbocycles. The second-order valence-corrected chi connectivity index (χ2v) is 12.4. The summed E-state index contributed by atoms with van der Waals surface area (Å²) < 4.78 is 0. The number of carbonyl (C=O) groups is 1. The van der Waals surface area contributed by atoms with Crippen LogP contribution in [0.25, 0.3) is 0 Å². The summed E-state index contributed by atoms with van der Waals surface area (Å²) in [5, 5.41) is 0. The standard InChI is InChI=1S/C27H46O/c1-18(2)7-6-8-19(3)23-13-14-24-22-12-10-20-9-11-21(28)17-27(20,5)25(22)15-16-26(23,24)4/h18-20,22-25H,6-17H2,1-5H3/t19-,20-,22+,23+,24-,25+,26+,27+/m1/s1. The predicted molar refractivity (Wildman–Crippen MR) is 118 cm³/mol. The van der Waals surface area contributed by atoms with Gasteiger partial charge in [-0.2, -0.15) is 0 Å². The molecule has 8 atom stereocenters. The van der Waals surface area contributed by atoms with E-state index >= 15 is 0 Å². The molecule has 1 nitrogen and oxygen atoms in total. The van der Waals surface area contributed by atoms with Crippen molar-refractivity contribution in [1.29, 1.82) is 0 Å². The third-order valence-corrected chi connectivity index (χ3v) is 10.6. The summed E-state index contributed by atoms with van der Waals surface area (Å²) in [4.78, 5) is 12.4. The molecule has 0 bridgehead atoms. The van der Waals surface area contributed by atoms with Gasteiger partial charge in [0.05, 0.1) is 0 Å². The van der Waals surface area contributed by atoms with E-state index in [-0.39, 0.29) is 0 Å². The minimum atomic E-state index is 0.334. The summed E-state index contributed by atoms with van der Waals surface area (Å²) in [5.41, 5.74) is 0.917. The Labute approximate surface area is 174 Å². The molecule has 0 radical (unpaired) electrons. The molecule has 4 aliphatic carbocycles. The lowest BCUT2D eigenvalue weighted by atomic mass is 9.44. The molecule has 160 valence electrons. The van der Waals surface area contributed by atoms with E-state index in [1.165, 1.54) is 64.2 Å². The Morgan fingerprint density at radius 2 is 1.64 bits per heavy atom. The molecule has 0 heterocycles. The third kappa shape index (κ3) is 3.41. The number of ketones is 1. The molecule has 0 aromatic heterocycles. The van der Waals surface area contributed by atoms with Crippen LogP contribution in [-0.4, -0.2) is 5.78 Å². The summed E-state index contributed by atoms with van der Waals surface area (Å²) >= 11 is 0. The van der Waals surface area contributed by atoms with Crippen LogP contribution in [0, 0.1) is 52.3 Å². The summed E-state index contributed by atoms with van der Waals surface area (Å²) in [6, 6.07) is 0. The van der Waals surface area contributed by atoms with Crippen LogP contribution in [0.5, 0.6) is 0 Å². The Balaban J connectivity index is 1.48. The van der Waals surface area contributed by atoms with Gasteiger partial charge in [-0.05, 0) is 97.2 Å². The normalized spacial score (nSPS) is 46.8. The maximum absolute atomic E-state index is 12.4. The molecule has 28 heavy (non-hydrogen) atoms. The van der Waals surface area contributed by atoms with Gasteiger partial charge in [-0.15, -0.1) is 0 Å². The van der Waals surface area contributed by atoms with Crippen molar-refractivity contribution in [1.82, 2.24) is 0 Å². The SMILES string of the molecule is CC(C)CCC[C@@H](C)[C@@H]1CC[C@@H]2[C@@H]3CC[C@H]4CCC(=O)C[C@]4(C)[C@H]3CC[C@]21C. The van der Waals surface area contributed by atoms with Crippen LogP contribution >= 0.6 is 0 Å². The minimum Gasteiger partial charge on any atom is -0.300 e. The lowest BCUT2D eigenvalue weighted by Gasteiger charge is -2.60. The Hall–Kier alpha value is -0.330. The van der Waals surface area contributed by atoms with Gasteiger partial charge in [0.1, 0.15) is 5.78 Å². The highest BCUT2D eigenvalue weighted by atomic mass is 16.1. The first-order chi connectivity index (χ1) is 13.3. The zero-order chi connectivity index (χ0) is 20.1. The lowest BCUT2D eigenvalue weighted by Crippen LogP contribution is -2.54. The van der Waals surface area contributed by atoms with E-state index in [1.54, 1.807) is 0 Å². The van der Waals surface area contributed by atoms with Gasteiger partial charge in [0, 0.05) is 12.8 Å². The third-order valence-electron chi connectivity index (χ3n) is 10.6. The molecule has 0 saturated heterocycles. The van der Waals surface area contributed by atoms with Crippen molar-refractivity contribution in [2.45, 2.75) is 112 Å². The van der Waals surface area contributed by atoms with Gasteiger partial charge in [-0.3, -0.25) is 4.79 Å². The number of rotatable bonds is 5. The zero-order valence-corrected chi connectivity index (χ0v) is 19.4. The van der Waals surface area contributed by atoms with Gasteiger partial charge in [0.15, 0.2) is 0 Å². The van der Waals surface area contributed by atoms with Crippen LogP contribution in [0.2, 0.25) is 0 Å². The molecule has 0 spiro atoms. The topological polar surface area (TPSA) is 17.1 Å². The van der Waals surface area contributed by atoms with E-state index in [2.05, 4.69) is 34.6 Å². The second-order valence-electron chi connectivity index (χ2n) is 12.4. The fraction of sp³-hybridized carbons (Fsp3) is 0.963. The summed E-state index contributed by atoms with van der Waals surface area (Å²) in [6.07, 6.45) is 15.9. The number of hydrogen-bond acceptors (Lipinski definition) is 1. The molecule has 0 aliphatic heterocycles. The van der Waals surface area contributed by atoms with Crippen molar-refractivity contribution in [3.63, 3.8) is 0 Å². The Kier molecular flexibility index (Phi) is 5.78. The van der Waals surface area contributed by atoms with E-state index in [0.717, 1.165) is 54.3 Å². The highest BCUT2D eigenvalue weighted by Gasteiger charge is 2.60. The number of fused-ring (bicyclic) bond motifs is 5. The molecular formula is C27H46O. The fourth-order valence-corrected chi connectivity index (χ4v) is 9.16. The van der Waals surface area contributed by atoms with Crippen molar-refractivity contribution in [2.24, 2.45) is 52.3 Å². The minimum absolute atomic E-state index is 0.334. The molecule has 1 heteroatoms. The number of Topliss-reactive ketones (excluding diaryl/α,β-unsaturated/α-hetero) is 1. The molecule has 4 fully saturated rings. The maximum atomic E-state index is 12.4. The highest BCUT2D eigenvalue weighted by Crippen LogP contribution is 2.68. The van der Waals surface area contributed by atoms with Crippen LogP contribution in [0.1, 0.15) is 112 Å². The smallest absolute Gasteiger partial charge is 0.133 e. The molecule has 0 aromatic rings. The van der Waals surface area contributed by atoms with Crippen LogP contribution in [0.15, 0.2) is 0 Å². The Bertz CT molecular complexity index is 579. The molecule has 0 amide bonds. The van der Waals surface area contributed by atoms with Crippen molar-refractivity contribution in [3.8, 4) is 0 Å². The van der Waals surface area contributed by atoms with Crippen LogP contribution in [0.3, 0.4) is 0 Å². The van der Waals surface area contributed by atoms with Gasteiger partial charge in [0.25, 0.3) is 0 Å². The maximum Gasteiger partial charge on any atom is 0.133 e. The molecule has 4 rings (SSSR count). The number of carbonyl (C=O) groups excluding carboxylic acids is 1. The van der Waals surface area contributed by atoms with E-state index < -0.39 is 0 Å². The number of hydrogen-bond donors (Lipinski definition) is 0. The molecular weight excluding hydrogens is 340 g/mol. The largest absolute Gasteiger partial charge is 0.300 e. The first kappa shape index (κ1) is 20.9. The van der Waals surface area contributed by atoms with Crippen LogP contribution < -0.4 is 0 Å². The van der Waals surface area contributed by atoms with E-state index in [1.807, 2.05) is 0 Å². The predicted octanol–water partition coefficient (Wildman–Crippen LogP) is 7.68.